The smallest absolute Gasteiger partial charge is 0.226 e. The Morgan fingerprint density at radius 1 is 1.00 bits per heavy atom. The Morgan fingerprint density at radius 3 is 1.90 bits per heavy atom. The fourth-order valence-corrected chi connectivity index (χ4v) is 4.14. The first-order valence-corrected chi connectivity index (χ1v) is 7.55. The third-order valence-electron chi connectivity index (χ3n) is 3.35. The molecule has 4 nitrogen and oxygen atoms in total. The monoisotopic (exact) mass is 292 g/mol. The van der Waals surface area contributed by atoms with Crippen LogP contribution in [0.5, 0.6) is 0 Å². The topological polar surface area (TPSA) is 62.3 Å². The van der Waals surface area contributed by atoms with Gasteiger partial charge in [-0.1, -0.05) is 36.4 Å². The van der Waals surface area contributed by atoms with Crippen LogP contribution < -0.4 is 0 Å². The summed E-state index contributed by atoms with van der Waals surface area (Å²) in [4.78, 5) is 3.52. The highest BCUT2D eigenvalue weighted by molar-refractivity contribution is 7.91. The number of hydrogen-bond acceptors (Lipinski definition) is 3. The van der Waals surface area contributed by atoms with Crippen LogP contribution in [0.3, 0.4) is 0 Å². The van der Waals surface area contributed by atoms with E-state index in [1.165, 1.54) is 12.1 Å². The van der Waals surface area contributed by atoms with E-state index in [1.54, 1.807) is 36.4 Å². The molecule has 0 unspecified atom stereocenters. The Labute approximate surface area is 122 Å². The lowest BCUT2D eigenvalue weighted by atomic mass is 9.95. The summed E-state index contributed by atoms with van der Waals surface area (Å²) in [6.45, 7) is 7.17. The maximum Gasteiger partial charge on any atom is 0.270 e. The Balaban J connectivity index is 2.57. The molecule has 2 aromatic rings. The zero-order valence-corrected chi connectivity index (χ0v) is 11.6. The van der Waals surface area contributed by atoms with Crippen molar-refractivity contribution in [2.75, 3.05) is 0 Å². The summed E-state index contributed by atoms with van der Waals surface area (Å²) in [5.41, 5.74) is 1.09. The number of nitrogens with zero attached hydrogens (tertiary/aromatic N) is 2. The van der Waals surface area contributed by atoms with E-state index in [1.807, 2.05) is 6.07 Å². The molecule has 0 aliphatic carbocycles. The first-order valence-electron chi connectivity index (χ1n) is 6.07. The highest BCUT2D eigenvalue weighted by atomic mass is 32.2. The minimum atomic E-state index is -3.63. The van der Waals surface area contributed by atoms with E-state index in [9.17, 15) is 13.7 Å². The van der Waals surface area contributed by atoms with Crippen LogP contribution in [0.15, 0.2) is 64.0 Å². The molecule has 0 amide bonds. The summed E-state index contributed by atoms with van der Waals surface area (Å²) in [6, 6.07) is 14.8. The third-order valence-corrected chi connectivity index (χ3v) is 5.22. The summed E-state index contributed by atoms with van der Waals surface area (Å²) in [6.07, 6.45) is 0. The molecule has 1 heterocycles. The van der Waals surface area contributed by atoms with Gasteiger partial charge in [-0.15, -0.1) is 0 Å². The summed E-state index contributed by atoms with van der Waals surface area (Å²) >= 11 is 0. The van der Waals surface area contributed by atoms with E-state index < -0.39 is 9.84 Å². The zero-order valence-electron chi connectivity index (χ0n) is 10.7. The van der Waals surface area contributed by atoms with Gasteiger partial charge < -0.3 is 0 Å². The molecule has 0 saturated carbocycles. The molecule has 1 aliphatic rings. The lowest BCUT2D eigenvalue weighted by Gasteiger charge is -2.22. The van der Waals surface area contributed by atoms with Crippen molar-refractivity contribution in [3.8, 4) is 6.07 Å². The number of benzene rings is 2. The standard InChI is InChI=1S/C16H8N2O2S/c1-18-13(10-17)16-11-6-2-4-8-14(11)21(19,20)15-9-5-3-7-12(15)16/h2-9H. The van der Waals surface area contributed by atoms with Crippen LogP contribution in [-0.2, 0) is 9.84 Å². The molecule has 5 heteroatoms. The molecule has 100 valence electrons. The van der Waals surface area contributed by atoms with E-state index in [2.05, 4.69) is 4.85 Å². The van der Waals surface area contributed by atoms with Crippen LogP contribution >= 0.6 is 0 Å². The Morgan fingerprint density at radius 2 is 1.48 bits per heavy atom. The molecule has 0 atom stereocenters. The first-order chi connectivity index (χ1) is 10.1. The lowest BCUT2D eigenvalue weighted by molar-refractivity contribution is 0.594. The second kappa shape index (κ2) is 4.59. The Hall–Kier alpha value is -2.89. The molecular weight excluding hydrogens is 284 g/mol. The van der Waals surface area contributed by atoms with Crippen LogP contribution in [-0.4, -0.2) is 8.42 Å². The number of hydrogen-bond donors (Lipinski definition) is 0. The fraction of sp³-hybridized carbons (Fsp3) is 0. The number of nitriles is 1. The highest BCUT2D eigenvalue weighted by Gasteiger charge is 2.33. The molecule has 2 aromatic carbocycles. The molecule has 0 aromatic heterocycles. The minimum Gasteiger partial charge on any atom is -0.226 e. The van der Waals surface area contributed by atoms with E-state index in [0.29, 0.717) is 16.7 Å². The van der Waals surface area contributed by atoms with Crippen LogP contribution in [0.4, 0.5) is 0 Å². The number of rotatable bonds is 0. The molecule has 3 rings (SSSR count). The summed E-state index contributed by atoms with van der Waals surface area (Å²) in [5.74, 6) is 0. The van der Waals surface area contributed by atoms with Crippen molar-refractivity contribution in [3.63, 3.8) is 0 Å². The average Bonchev–Trinajstić information content (AvgIpc) is 2.52. The van der Waals surface area contributed by atoms with Crippen molar-refractivity contribution in [1.29, 1.82) is 5.26 Å². The molecular formula is C16H8N2O2S. The Bertz CT molecular complexity index is 902. The maximum atomic E-state index is 12.7. The largest absolute Gasteiger partial charge is 0.270 e. The van der Waals surface area contributed by atoms with Gasteiger partial charge in [0, 0.05) is 5.57 Å². The number of allylic oxidation sites excluding steroid dienone is 1. The van der Waals surface area contributed by atoms with Gasteiger partial charge in [0.05, 0.1) is 22.4 Å². The average molecular weight is 292 g/mol. The molecule has 0 fully saturated rings. The van der Waals surface area contributed by atoms with Gasteiger partial charge in [-0.3, -0.25) is 0 Å². The third kappa shape index (κ3) is 1.76. The van der Waals surface area contributed by atoms with Crippen molar-refractivity contribution in [1.82, 2.24) is 0 Å². The molecule has 0 bridgehead atoms. The minimum absolute atomic E-state index is 0.107. The molecule has 1 aliphatic heterocycles. The van der Waals surface area contributed by atoms with Crippen molar-refractivity contribution in [2.45, 2.75) is 9.79 Å². The van der Waals surface area contributed by atoms with Gasteiger partial charge in [0.1, 0.15) is 0 Å². The van der Waals surface area contributed by atoms with Gasteiger partial charge in [-0.05, 0) is 23.3 Å². The summed E-state index contributed by atoms with van der Waals surface area (Å²) in [5, 5.41) is 9.19. The quantitative estimate of drug-likeness (QED) is 0.472. The SMILES string of the molecule is [C-]#[N+]C(C#N)=C1c2ccccc2S(=O)(=O)c2ccccc21. The van der Waals surface area contributed by atoms with Crippen LogP contribution in [0, 0.1) is 17.9 Å². The van der Waals surface area contributed by atoms with Crippen molar-refractivity contribution < 1.29 is 8.42 Å². The molecule has 0 spiro atoms. The summed E-state index contributed by atoms with van der Waals surface area (Å²) < 4.78 is 25.3. The van der Waals surface area contributed by atoms with Crippen LogP contribution in [0.2, 0.25) is 0 Å². The highest BCUT2D eigenvalue weighted by Crippen LogP contribution is 2.42. The van der Waals surface area contributed by atoms with Crippen molar-refractivity contribution in [3.05, 3.63) is 76.8 Å². The summed E-state index contributed by atoms with van der Waals surface area (Å²) in [7, 11) is -3.63. The zero-order chi connectivity index (χ0) is 15.0. The second-order valence-electron chi connectivity index (χ2n) is 4.44. The lowest BCUT2D eigenvalue weighted by Crippen LogP contribution is -2.14. The van der Waals surface area contributed by atoms with Crippen molar-refractivity contribution in [2.24, 2.45) is 0 Å². The fourth-order valence-electron chi connectivity index (χ4n) is 2.47. The van der Waals surface area contributed by atoms with Gasteiger partial charge in [-0.2, -0.15) is 0 Å². The molecule has 0 radical (unpaired) electrons. The van der Waals surface area contributed by atoms with E-state index in [0.717, 1.165) is 0 Å². The van der Waals surface area contributed by atoms with Gasteiger partial charge in [0.25, 0.3) is 5.70 Å². The predicted molar refractivity (Wildman–Crippen MR) is 76.6 cm³/mol. The first kappa shape index (κ1) is 13.1. The van der Waals surface area contributed by atoms with E-state index in [4.69, 9.17) is 6.57 Å². The second-order valence-corrected chi connectivity index (χ2v) is 6.33. The van der Waals surface area contributed by atoms with Gasteiger partial charge in [-0.25, -0.2) is 18.5 Å². The van der Waals surface area contributed by atoms with E-state index >= 15 is 0 Å². The van der Waals surface area contributed by atoms with Crippen molar-refractivity contribution >= 4 is 15.4 Å². The van der Waals surface area contributed by atoms with Gasteiger partial charge in [0.15, 0.2) is 0 Å². The van der Waals surface area contributed by atoms with Gasteiger partial charge >= 0.3 is 0 Å². The maximum absolute atomic E-state index is 12.7. The molecule has 21 heavy (non-hydrogen) atoms. The van der Waals surface area contributed by atoms with Crippen LogP contribution in [0.1, 0.15) is 11.1 Å². The van der Waals surface area contributed by atoms with E-state index in [-0.39, 0.29) is 15.5 Å². The number of sulfone groups is 1. The molecule has 0 saturated heterocycles. The molecule has 0 N–H and O–H groups in total. The van der Waals surface area contributed by atoms with Gasteiger partial charge in [0.2, 0.25) is 9.84 Å². The number of fused-ring (bicyclic) bond motifs is 2. The normalized spacial score (nSPS) is 14.3. The predicted octanol–water partition coefficient (Wildman–Crippen LogP) is 3.04. The van der Waals surface area contributed by atoms with Crippen LogP contribution in [0.25, 0.3) is 10.4 Å². The Kier molecular flexibility index (Phi) is 2.86.